The third-order valence-corrected chi connectivity index (χ3v) is 2.52. The van der Waals surface area contributed by atoms with Crippen LogP contribution in [0.15, 0.2) is 0 Å². The Hall–Kier alpha value is -0.0800. The third-order valence-electron chi connectivity index (χ3n) is 2.52. The summed E-state index contributed by atoms with van der Waals surface area (Å²) in [5.41, 5.74) is 0.499. The van der Waals surface area contributed by atoms with E-state index in [-0.39, 0.29) is 6.10 Å². The highest BCUT2D eigenvalue weighted by Crippen LogP contribution is 2.41. The maximum atomic E-state index is 9.11. The van der Waals surface area contributed by atoms with Gasteiger partial charge in [0.25, 0.3) is 0 Å². The Morgan fingerprint density at radius 2 is 2.11 bits per heavy atom. The Bertz CT molecular complexity index is 110. The average molecular weight is 127 g/mol. The molecule has 1 aliphatic heterocycles. The fourth-order valence-corrected chi connectivity index (χ4v) is 1.55. The lowest BCUT2D eigenvalue weighted by molar-refractivity contribution is 0.121. The van der Waals surface area contributed by atoms with E-state index in [1.807, 2.05) is 0 Å². The molecule has 0 aromatic heterocycles. The van der Waals surface area contributed by atoms with Gasteiger partial charge in [0.1, 0.15) is 0 Å². The zero-order valence-electron chi connectivity index (χ0n) is 5.56. The van der Waals surface area contributed by atoms with Crippen LogP contribution < -0.4 is 5.32 Å². The maximum absolute atomic E-state index is 9.11. The number of hydrogen-bond donors (Lipinski definition) is 2. The fraction of sp³-hybridized carbons (Fsp3) is 1.00. The Labute approximate surface area is 55.3 Å². The van der Waals surface area contributed by atoms with Crippen molar-refractivity contribution in [2.45, 2.75) is 37.3 Å². The predicted molar refractivity (Wildman–Crippen MR) is 35.2 cm³/mol. The summed E-state index contributed by atoms with van der Waals surface area (Å²) >= 11 is 0. The summed E-state index contributed by atoms with van der Waals surface area (Å²) in [6.45, 7) is 0.819. The van der Waals surface area contributed by atoms with Gasteiger partial charge in [0.15, 0.2) is 0 Å². The first-order valence-electron chi connectivity index (χ1n) is 3.74. The second-order valence-corrected chi connectivity index (χ2v) is 3.35. The van der Waals surface area contributed by atoms with Gasteiger partial charge >= 0.3 is 0 Å². The Morgan fingerprint density at radius 1 is 1.33 bits per heavy atom. The normalized spacial score (nSPS) is 39.0. The summed E-state index contributed by atoms with van der Waals surface area (Å²) in [6, 6.07) is 0. The predicted octanol–water partition coefficient (Wildman–Crippen LogP) is 0.263. The van der Waals surface area contributed by atoms with E-state index in [0.29, 0.717) is 5.54 Å². The second-order valence-electron chi connectivity index (χ2n) is 3.35. The number of aliphatic hydroxyl groups excluding tert-OH is 1. The van der Waals surface area contributed by atoms with Crippen molar-refractivity contribution >= 4 is 0 Å². The van der Waals surface area contributed by atoms with Gasteiger partial charge in [0.2, 0.25) is 0 Å². The molecule has 2 nitrogen and oxygen atoms in total. The molecular formula is C7H13NO. The molecule has 2 heteroatoms. The Kier molecular flexibility index (Phi) is 1.08. The molecule has 1 saturated heterocycles. The van der Waals surface area contributed by atoms with E-state index in [0.717, 1.165) is 13.0 Å². The molecule has 2 N–H and O–H groups in total. The van der Waals surface area contributed by atoms with Gasteiger partial charge in [0.05, 0.1) is 6.10 Å². The molecule has 2 rings (SSSR count). The number of nitrogens with one attached hydrogen (secondary N) is 1. The van der Waals surface area contributed by atoms with E-state index >= 15 is 0 Å². The molecule has 9 heavy (non-hydrogen) atoms. The molecule has 2 aliphatic rings. The molecule has 1 unspecified atom stereocenters. The molecule has 1 saturated carbocycles. The maximum Gasteiger partial charge on any atom is 0.0665 e. The number of aliphatic hydroxyl groups is 1. The van der Waals surface area contributed by atoms with E-state index < -0.39 is 0 Å². The van der Waals surface area contributed by atoms with Crippen molar-refractivity contribution in [3.8, 4) is 0 Å². The lowest BCUT2D eigenvalue weighted by Gasteiger charge is -2.26. The molecule has 1 heterocycles. The van der Waals surface area contributed by atoms with Crippen molar-refractivity contribution in [1.29, 1.82) is 0 Å². The molecule has 0 bridgehead atoms. The number of hydrogen-bond acceptors (Lipinski definition) is 2. The molecule has 2 fully saturated rings. The molecule has 1 atom stereocenters. The first-order valence-corrected chi connectivity index (χ1v) is 3.74. The van der Waals surface area contributed by atoms with E-state index in [1.54, 1.807) is 0 Å². The van der Waals surface area contributed by atoms with Crippen LogP contribution in [0.4, 0.5) is 0 Å². The zero-order chi connectivity index (χ0) is 6.32. The van der Waals surface area contributed by atoms with Gasteiger partial charge in [-0.25, -0.2) is 0 Å². The van der Waals surface area contributed by atoms with E-state index in [2.05, 4.69) is 5.32 Å². The standard InChI is InChI=1S/C7H13NO/c9-6-1-2-7(3-4-7)8-5-6/h6,8-9H,1-5H2. The minimum Gasteiger partial charge on any atom is -0.392 e. The zero-order valence-corrected chi connectivity index (χ0v) is 5.56. The lowest BCUT2D eigenvalue weighted by Crippen LogP contribution is -2.43. The van der Waals surface area contributed by atoms with Crippen molar-refractivity contribution in [3.05, 3.63) is 0 Å². The number of piperidine rings is 1. The summed E-state index contributed by atoms with van der Waals surface area (Å²) < 4.78 is 0. The quantitative estimate of drug-likeness (QED) is 0.489. The Morgan fingerprint density at radius 3 is 2.56 bits per heavy atom. The van der Waals surface area contributed by atoms with Crippen LogP contribution in [0.25, 0.3) is 0 Å². The van der Waals surface area contributed by atoms with Gasteiger partial charge < -0.3 is 10.4 Å². The highest BCUT2D eigenvalue weighted by Gasteiger charge is 2.44. The van der Waals surface area contributed by atoms with E-state index in [1.165, 1.54) is 19.3 Å². The second kappa shape index (κ2) is 1.70. The van der Waals surface area contributed by atoms with Crippen LogP contribution in [0.1, 0.15) is 25.7 Å². The lowest BCUT2D eigenvalue weighted by atomic mass is 10.0. The smallest absolute Gasteiger partial charge is 0.0665 e. The minimum atomic E-state index is -0.0729. The largest absolute Gasteiger partial charge is 0.392 e. The van der Waals surface area contributed by atoms with E-state index in [9.17, 15) is 0 Å². The van der Waals surface area contributed by atoms with Gasteiger partial charge in [-0.3, -0.25) is 0 Å². The van der Waals surface area contributed by atoms with Crippen molar-refractivity contribution < 1.29 is 5.11 Å². The summed E-state index contributed by atoms with van der Waals surface area (Å²) in [4.78, 5) is 0. The molecule has 0 aromatic carbocycles. The van der Waals surface area contributed by atoms with Crippen LogP contribution in [0.2, 0.25) is 0 Å². The van der Waals surface area contributed by atoms with Gasteiger partial charge in [-0.05, 0) is 25.7 Å². The van der Waals surface area contributed by atoms with Crippen LogP contribution in [0, 0.1) is 0 Å². The van der Waals surface area contributed by atoms with Crippen molar-refractivity contribution in [2.75, 3.05) is 6.54 Å². The van der Waals surface area contributed by atoms with Crippen LogP contribution >= 0.6 is 0 Å². The molecule has 1 spiro atoms. The monoisotopic (exact) mass is 127 g/mol. The number of rotatable bonds is 0. The molecule has 52 valence electrons. The van der Waals surface area contributed by atoms with Crippen LogP contribution in [-0.2, 0) is 0 Å². The fourth-order valence-electron chi connectivity index (χ4n) is 1.55. The van der Waals surface area contributed by atoms with Gasteiger partial charge in [-0.1, -0.05) is 0 Å². The average Bonchev–Trinajstić information content (AvgIpc) is 2.60. The van der Waals surface area contributed by atoms with Crippen molar-refractivity contribution in [2.24, 2.45) is 0 Å². The third kappa shape index (κ3) is 0.970. The minimum absolute atomic E-state index is 0.0729. The summed E-state index contributed by atoms with van der Waals surface area (Å²) in [5, 5.41) is 12.5. The highest BCUT2D eigenvalue weighted by molar-refractivity contribution is 5.04. The topological polar surface area (TPSA) is 32.3 Å². The SMILES string of the molecule is OC1CCC2(CC2)NC1. The van der Waals surface area contributed by atoms with Gasteiger partial charge in [0, 0.05) is 12.1 Å². The number of β-amino-alcohol motifs (C(OH)–C–C–N with tert-alkyl or cyclic N) is 1. The highest BCUT2D eigenvalue weighted by atomic mass is 16.3. The van der Waals surface area contributed by atoms with Crippen LogP contribution in [-0.4, -0.2) is 23.3 Å². The summed E-state index contributed by atoms with van der Waals surface area (Å²) in [6.07, 6.45) is 4.79. The van der Waals surface area contributed by atoms with Crippen LogP contribution in [0.3, 0.4) is 0 Å². The first kappa shape index (κ1) is 5.69. The molecule has 0 aromatic rings. The summed E-state index contributed by atoms with van der Waals surface area (Å²) in [5.74, 6) is 0. The molecule has 0 radical (unpaired) electrons. The van der Waals surface area contributed by atoms with E-state index in [4.69, 9.17) is 5.11 Å². The molecule has 0 amide bonds. The van der Waals surface area contributed by atoms with Crippen molar-refractivity contribution in [1.82, 2.24) is 5.32 Å². The molecule has 1 aliphatic carbocycles. The van der Waals surface area contributed by atoms with Gasteiger partial charge in [-0.2, -0.15) is 0 Å². The van der Waals surface area contributed by atoms with Crippen molar-refractivity contribution in [3.63, 3.8) is 0 Å². The summed E-state index contributed by atoms with van der Waals surface area (Å²) in [7, 11) is 0. The molecular weight excluding hydrogens is 114 g/mol. The Balaban J connectivity index is 1.91. The first-order chi connectivity index (χ1) is 4.31. The van der Waals surface area contributed by atoms with Crippen LogP contribution in [0.5, 0.6) is 0 Å². The van der Waals surface area contributed by atoms with Gasteiger partial charge in [-0.15, -0.1) is 0 Å².